The average Bonchev–Trinajstić information content (AvgIpc) is 3.37. The van der Waals surface area contributed by atoms with Crippen molar-refractivity contribution in [3.05, 3.63) is 113 Å². The number of aromatic nitrogens is 3. The Hall–Kier alpha value is -4.14. The first-order valence-corrected chi connectivity index (χ1v) is 10.9. The van der Waals surface area contributed by atoms with E-state index in [-0.39, 0.29) is 11.8 Å². The van der Waals surface area contributed by atoms with E-state index in [0.29, 0.717) is 34.4 Å². The van der Waals surface area contributed by atoms with Crippen molar-refractivity contribution in [2.45, 2.75) is 12.8 Å². The molecule has 8 nitrogen and oxygen atoms in total. The van der Waals surface area contributed by atoms with Crippen LogP contribution < -0.4 is 21.1 Å². The molecule has 9 heteroatoms. The SMILES string of the molecule is O=c1c(-c2cccnc2)cnc(Nc2ccc(OC3C=CON3)cc2)n1Cc1ccc(Cl)cc1. The maximum absolute atomic E-state index is 13.5. The molecule has 34 heavy (non-hydrogen) atoms. The zero-order valence-corrected chi connectivity index (χ0v) is 18.6. The highest BCUT2D eigenvalue weighted by atomic mass is 35.5. The van der Waals surface area contributed by atoms with Gasteiger partial charge in [-0.25, -0.2) is 4.98 Å². The molecule has 0 radical (unpaired) electrons. The number of benzene rings is 2. The molecule has 2 aromatic carbocycles. The number of hydrogen-bond donors (Lipinski definition) is 2. The van der Waals surface area contributed by atoms with Crippen molar-refractivity contribution in [2.75, 3.05) is 5.32 Å². The molecule has 170 valence electrons. The predicted molar refractivity (Wildman–Crippen MR) is 130 cm³/mol. The Morgan fingerprint density at radius 1 is 1.09 bits per heavy atom. The van der Waals surface area contributed by atoms with Crippen molar-refractivity contribution in [1.82, 2.24) is 20.0 Å². The summed E-state index contributed by atoms with van der Waals surface area (Å²) in [6.45, 7) is 0.320. The van der Waals surface area contributed by atoms with Gasteiger partial charge < -0.3 is 14.9 Å². The number of ether oxygens (including phenoxy) is 1. The molecule has 3 heterocycles. The number of anilines is 2. The Labute approximate surface area is 200 Å². The van der Waals surface area contributed by atoms with E-state index < -0.39 is 0 Å². The minimum absolute atomic E-state index is 0.181. The van der Waals surface area contributed by atoms with Crippen LogP contribution in [0.3, 0.4) is 0 Å². The van der Waals surface area contributed by atoms with E-state index in [4.69, 9.17) is 21.2 Å². The Morgan fingerprint density at radius 3 is 2.62 bits per heavy atom. The second-order valence-electron chi connectivity index (χ2n) is 7.51. The third kappa shape index (κ3) is 4.93. The third-order valence-corrected chi connectivity index (χ3v) is 5.40. The van der Waals surface area contributed by atoms with Gasteiger partial charge in [-0.2, -0.15) is 0 Å². The highest BCUT2D eigenvalue weighted by molar-refractivity contribution is 6.30. The van der Waals surface area contributed by atoms with Gasteiger partial charge in [0.1, 0.15) is 12.0 Å². The fourth-order valence-corrected chi connectivity index (χ4v) is 3.57. The van der Waals surface area contributed by atoms with Crippen LogP contribution in [0.1, 0.15) is 5.56 Å². The maximum Gasteiger partial charge on any atom is 0.263 e. The molecular weight excluding hydrogens is 454 g/mol. The number of nitrogens with zero attached hydrogens (tertiary/aromatic N) is 3. The summed E-state index contributed by atoms with van der Waals surface area (Å²) in [5.41, 5.74) is 5.37. The Bertz CT molecular complexity index is 1360. The lowest BCUT2D eigenvalue weighted by Crippen LogP contribution is -2.26. The molecule has 1 atom stereocenters. The van der Waals surface area contributed by atoms with Crippen molar-refractivity contribution in [1.29, 1.82) is 0 Å². The smallest absolute Gasteiger partial charge is 0.263 e. The summed E-state index contributed by atoms with van der Waals surface area (Å²) < 4.78 is 7.34. The van der Waals surface area contributed by atoms with Crippen molar-refractivity contribution in [3.63, 3.8) is 0 Å². The first-order chi connectivity index (χ1) is 16.7. The molecule has 5 rings (SSSR count). The van der Waals surface area contributed by atoms with Crippen molar-refractivity contribution in [3.8, 4) is 16.9 Å². The van der Waals surface area contributed by atoms with E-state index in [2.05, 4.69) is 20.8 Å². The number of hydroxylamine groups is 1. The van der Waals surface area contributed by atoms with Crippen LogP contribution in [0.2, 0.25) is 5.02 Å². The fraction of sp³-hybridized carbons (Fsp3) is 0.0800. The summed E-state index contributed by atoms with van der Waals surface area (Å²) >= 11 is 6.03. The van der Waals surface area contributed by atoms with Crippen LogP contribution in [0.15, 0.2) is 96.4 Å². The fourth-order valence-electron chi connectivity index (χ4n) is 3.44. The van der Waals surface area contributed by atoms with Gasteiger partial charge in [0, 0.05) is 40.9 Å². The minimum atomic E-state index is -0.343. The second-order valence-corrected chi connectivity index (χ2v) is 7.94. The highest BCUT2D eigenvalue weighted by Gasteiger charge is 2.14. The second kappa shape index (κ2) is 9.78. The van der Waals surface area contributed by atoms with E-state index in [9.17, 15) is 4.79 Å². The first kappa shape index (κ1) is 21.7. The standard InChI is InChI=1S/C25H20ClN5O3/c26-19-5-3-17(4-6-19)16-31-24(32)22(18-2-1-12-27-14-18)15-28-25(31)29-20-7-9-21(10-8-20)34-23-11-13-33-30-23/h1-15,23,30H,16H2,(H,28,29). The van der Waals surface area contributed by atoms with Crippen LogP contribution >= 0.6 is 11.6 Å². The zero-order valence-electron chi connectivity index (χ0n) is 17.9. The van der Waals surface area contributed by atoms with Gasteiger partial charge in [-0.1, -0.05) is 29.8 Å². The van der Waals surface area contributed by atoms with Crippen LogP contribution in [-0.4, -0.2) is 20.8 Å². The lowest BCUT2D eigenvalue weighted by Gasteiger charge is -2.16. The monoisotopic (exact) mass is 473 g/mol. The molecule has 1 unspecified atom stereocenters. The van der Waals surface area contributed by atoms with Gasteiger partial charge in [-0.15, -0.1) is 5.48 Å². The predicted octanol–water partition coefficient (Wildman–Crippen LogP) is 4.50. The van der Waals surface area contributed by atoms with Crippen molar-refractivity contribution >= 4 is 23.2 Å². The van der Waals surface area contributed by atoms with Crippen LogP contribution in [0, 0.1) is 0 Å². The average molecular weight is 474 g/mol. The summed E-state index contributed by atoms with van der Waals surface area (Å²) in [6, 6.07) is 18.3. The first-order valence-electron chi connectivity index (χ1n) is 10.5. The van der Waals surface area contributed by atoms with Crippen LogP contribution in [-0.2, 0) is 11.4 Å². The number of rotatable bonds is 7. The van der Waals surface area contributed by atoms with Crippen molar-refractivity contribution < 1.29 is 9.57 Å². The van der Waals surface area contributed by atoms with Crippen LogP contribution in [0.5, 0.6) is 5.75 Å². The van der Waals surface area contributed by atoms with E-state index in [0.717, 1.165) is 11.3 Å². The van der Waals surface area contributed by atoms with E-state index in [1.807, 2.05) is 42.5 Å². The largest absolute Gasteiger partial charge is 0.469 e. The van der Waals surface area contributed by atoms with Crippen LogP contribution in [0.25, 0.3) is 11.1 Å². The summed E-state index contributed by atoms with van der Waals surface area (Å²) in [5.74, 6) is 1.08. The quantitative estimate of drug-likeness (QED) is 0.408. The van der Waals surface area contributed by atoms with E-state index in [1.165, 1.54) is 6.26 Å². The molecule has 1 aliphatic rings. The highest BCUT2D eigenvalue weighted by Crippen LogP contribution is 2.22. The van der Waals surface area contributed by atoms with Gasteiger partial charge in [0.2, 0.25) is 12.2 Å². The van der Waals surface area contributed by atoms with E-state index in [1.54, 1.807) is 47.4 Å². The third-order valence-electron chi connectivity index (χ3n) is 5.15. The number of hydrogen-bond acceptors (Lipinski definition) is 7. The number of nitrogens with one attached hydrogen (secondary N) is 2. The van der Waals surface area contributed by atoms with Gasteiger partial charge in [0.15, 0.2) is 0 Å². The minimum Gasteiger partial charge on any atom is -0.469 e. The lowest BCUT2D eigenvalue weighted by molar-refractivity contribution is 0.0612. The molecule has 0 spiro atoms. The molecule has 1 aliphatic heterocycles. The molecule has 0 fully saturated rings. The van der Waals surface area contributed by atoms with Crippen molar-refractivity contribution in [2.24, 2.45) is 0 Å². The van der Waals surface area contributed by atoms with Gasteiger partial charge >= 0.3 is 0 Å². The topological polar surface area (TPSA) is 90.3 Å². The number of pyridine rings is 1. The summed E-state index contributed by atoms with van der Waals surface area (Å²) in [7, 11) is 0. The number of halogens is 1. The molecule has 4 aromatic rings. The van der Waals surface area contributed by atoms with Gasteiger partial charge in [-0.3, -0.25) is 14.3 Å². The van der Waals surface area contributed by atoms with E-state index >= 15 is 0 Å². The zero-order chi connectivity index (χ0) is 23.3. The lowest BCUT2D eigenvalue weighted by atomic mass is 10.1. The molecule has 0 saturated heterocycles. The molecule has 0 bridgehead atoms. The molecule has 0 aliphatic carbocycles. The molecule has 2 N–H and O–H groups in total. The molecule has 0 amide bonds. The molecule has 2 aromatic heterocycles. The molecular formula is C25H20ClN5O3. The molecule has 0 saturated carbocycles. The summed E-state index contributed by atoms with van der Waals surface area (Å²) in [6.07, 6.45) is 7.83. The maximum atomic E-state index is 13.5. The van der Waals surface area contributed by atoms with Crippen LogP contribution in [0.4, 0.5) is 11.6 Å². The van der Waals surface area contributed by atoms with Gasteiger partial charge in [0.05, 0.1) is 12.1 Å². The Balaban J connectivity index is 1.45. The summed E-state index contributed by atoms with van der Waals surface area (Å²) in [4.78, 5) is 27.1. The Morgan fingerprint density at radius 2 is 1.91 bits per heavy atom. The summed E-state index contributed by atoms with van der Waals surface area (Å²) in [5, 5.41) is 3.88. The normalized spacial score (nSPS) is 14.6. The van der Waals surface area contributed by atoms with Gasteiger partial charge in [0.25, 0.3) is 5.56 Å². The Kier molecular flexibility index (Phi) is 6.24. The van der Waals surface area contributed by atoms with Gasteiger partial charge in [-0.05, 0) is 48.0 Å².